The van der Waals surface area contributed by atoms with Gasteiger partial charge in [0.25, 0.3) is 0 Å². The zero-order valence-corrected chi connectivity index (χ0v) is 13.7. The van der Waals surface area contributed by atoms with Crippen molar-refractivity contribution in [3.8, 4) is 0 Å². The summed E-state index contributed by atoms with van der Waals surface area (Å²) in [5.74, 6) is -0.681. The van der Waals surface area contributed by atoms with Gasteiger partial charge in [0.2, 0.25) is 0 Å². The number of aromatic nitrogens is 2. The average molecular weight is 369 g/mol. The molecule has 0 amide bonds. The number of halogens is 3. The number of rotatable bonds is 5. The molecule has 0 aliphatic carbocycles. The van der Waals surface area contributed by atoms with Gasteiger partial charge in [0.15, 0.2) is 5.82 Å². The maximum atomic E-state index is 12.7. The largest absolute Gasteiger partial charge is 0.454 e. The van der Waals surface area contributed by atoms with E-state index < -0.39 is 12.5 Å². The number of fused-ring (bicyclic) bond motifs is 1. The van der Waals surface area contributed by atoms with Gasteiger partial charge >= 0.3 is 12.5 Å². The van der Waals surface area contributed by atoms with Crippen molar-refractivity contribution in [2.45, 2.75) is 13.2 Å². The summed E-state index contributed by atoms with van der Waals surface area (Å²) in [7, 11) is 0. The van der Waals surface area contributed by atoms with Gasteiger partial charge in [0.1, 0.15) is 6.61 Å². The Morgan fingerprint density at radius 2 is 2.21 bits per heavy atom. The highest BCUT2D eigenvalue weighted by molar-refractivity contribution is 7.20. The highest BCUT2D eigenvalue weighted by Crippen LogP contribution is 2.35. The molecule has 0 unspecified atom stereocenters. The smallest absolute Gasteiger partial charge is 0.331 e. The van der Waals surface area contributed by atoms with Gasteiger partial charge in [0, 0.05) is 33.4 Å². The molecule has 2 aromatic heterocycles. The molecule has 0 saturated heterocycles. The Morgan fingerprint density at radius 1 is 1.42 bits per heavy atom. The number of hydrogen-bond donors (Lipinski definition) is 0. The van der Waals surface area contributed by atoms with E-state index in [0.29, 0.717) is 9.59 Å². The lowest BCUT2D eigenvalue weighted by molar-refractivity contribution is -0.139. The minimum atomic E-state index is -2.73. The molecule has 0 spiro atoms. The zero-order valence-electron chi connectivity index (χ0n) is 12.2. The molecule has 3 aromatic rings. The predicted molar refractivity (Wildman–Crippen MR) is 89.1 cm³/mol. The number of imidazole rings is 1. The molecular weight excluding hydrogens is 358 g/mol. The van der Waals surface area contributed by atoms with Gasteiger partial charge in [-0.25, -0.2) is 9.78 Å². The third-order valence-electron chi connectivity index (χ3n) is 3.23. The second kappa shape index (κ2) is 7.11. The first-order valence-electron chi connectivity index (χ1n) is 6.88. The van der Waals surface area contributed by atoms with Crippen molar-refractivity contribution in [1.82, 2.24) is 9.55 Å². The Labute approximate surface area is 144 Å². The number of ether oxygens (including phenoxy) is 1. The number of alkyl halides is 2. The fraction of sp³-hybridized carbons (Fsp3) is 0.125. The van der Waals surface area contributed by atoms with Gasteiger partial charge in [-0.15, -0.1) is 11.3 Å². The number of thiophene rings is 1. The van der Waals surface area contributed by atoms with E-state index in [2.05, 4.69) is 4.98 Å². The van der Waals surface area contributed by atoms with Crippen LogP contribution in [0.3, 0.4) is 0 Å². The molecule has 2 heterocycles. The van der Waals surface area contributed by atoms with Crippen LogP contribution in [0.5, 0.6) is 0 Å². The first kappa shape index (κ1) is 16.6. The van der Waals surface area contributed by atoms with Crippen LogP contribution in [-0.2, 0) is 16.1 Å². The van der Waals surface area contributed by atoms with Crippen molar-refractivity contribution in [2.75, 3.05) is 0 Å². The van der Waals surface area contributed by atoms with Crippen molar-refractivity contribution < 1.29 is 18.3 Å². The van der Waals surface area contributed by atoms with Gasteiger partial charge in [-0.3, -0.25) is 4.57 Å². The quantitative estimate of drug-likeness (QED) is 0.475. The second-order valence-corrected chi connectivity index (χ2v) is 6.21. The number of benzene rings is 1. The molecule has 0 saturated carbocycles. The van der Waals surface area contributed by atoms with Crippen molar-refractivity contribution in [3.63, 3.8) is 0 Å². The zero-order chi connectivity index (χ0) is 17.1. The maximum Gasteiger partial charge on any atom is 0.331 e. The van der Waals surface area contributed by atoms with Crippen molar-refractivity contribution in [3.05, 3.63) is 58.5 Å². The lowest BCUT2D eigenvalue weighted by Crippen LogP contribution is -2.08. The summed E-state index contributed by atoms with van der Waals surface area (Å²) in [5.41, 5.74) is 0. The maximum absolute atomic E-state index is 12.7. The number of esters is 1. The number of hydrogen-bond acceptors (Lipinski definition) is 4. The van der Waals surface area contributed by atoms with E-state index in [0.717, 1.165) is 21.2 Å². The molecule has 0 aliphatic rings. The van der Waals surface area contributed by atoms with Crippen LogP contribution in [-0.4, -0.2) is 15.5 Å². The Bertz CT molecular complexity index is 905. The minimum Gasteiger partial charge on any atom is -0.454 e. The molecule has 24 heavy (non-hydrogen) atoms. The van der Waals surface area contributed by atoms with Crippen LogP contribution in [0.4, 0.5) is 8.78 Å². The first-order valence-corrected chi connectivity index (χ1v) is 8.07. The topological polar surface area (TPSA) is 44.1 Å². The van der Waals surface area contributed by atoms with Gasteiger partial charge in [0.05, 0.1) is 5.02 Å². The van der Waals surface area contributed by atoms with Crippen LogP contribution in [0, 0.1) is 0 Å². The monoisotopic (exact) mass is 368 g/mol. The van der Waals surface area contributed by atoms with Crippen molar-refractivity contribution in [2.24, 2.45) is 0 Å². The highest BCUT2D eigenvalue weighted by atomic mass is 35.5. The molecule has 0 bridgehead atoms. The molecule has 0 radical (unpaired) electrons. The van der Waals surface area contributed by atoms with Crippen LogP contribution < -0.4 is 0 Å². The predicted octanol–water partition coefficient (Wildman–Crippen LogP) is 4.90. The van der Waals surface area contributed by atoms with Gasteiger partial charge in [-0.05, 0) is 12.1 Å². The third-order valence-corrected chi connectivity index (χ3v) is 4.89. The van der Waals surface area contributed by atoms with Gasteiger partial charge in [-0.2, -0.15) is 8.78 Å². The summed E-state index contributed by atoms with van der Waals surface area (Å²) in [6.45, 7) is -3.06. The number of carbonyl (C=O) groups excluding carboxylic acids is 1. The lowest BCUT2D eigenvalue weighted by atomic mass is 10.2. The van der Waals surface area contributed by atoms with E-state index in [4.69, 9.17) is 16.3 Å². The second-order valence-electron chi connectivity index (χ2n) is 4.75. The Balaban J connectivity index is 1.66. The summed E-state index contributed by atoms with van der Waals surface area (Å²) >= 11 is 7.71. The fourth-order valence-corrected chi connectivity index (χ4v) is 3.50. The molecule has 1 aromatic carbocycles. The molecule has 4 nitrogen and oxygen atoms in total. The summed E-state index contributed by atoms with van der Waals surface area (Å²) in [6.07, 6.45) is 5.12. The number of carbonyl (C=O) groups is 1. The van der Waals surface area contributed by atoms with Gasteiger partial charge < -0.3 is 4.74 Å². The van der Waals surface area contributed by atoms with E-state index >= 15 is 0 Å². The third kappa shape index (κ3) is 3.47. The van der Waals surface area contributed by atoms with Crippen LogP contribution in [0.2, 0.25) is 5.02 Å². The molecule has 0 N–H and O–H groups in total. The van der Waals surface area contributed by atoms with Gasteiger partial charge in [-0.1, -0.05) is 29.8 Å². The average Bonchev–Trinajstić information content (AvgIpc) is 3.16. The molecule has 0 aliphatic heterocycles. The Morgan fingerprint density at radius 3 is 2.96 bits per heavy atom. The number of nitrogens with zero attached hydrogens (tertiary/aromatic N) is 2. The van der Waals surface area contributed by atoms with Crippen LogP contribution in [0.15, 0.2) is 42.7 Å². The summed E-state index contributed by atoms with van der Waals surface area (Å²) < 4.78 is 31.9. The molecule has 0 fully saturated rings. The molecule has 124 valence electrons. The van der Waals surface area contributed by atoms with Crippen molar-refractivity contribution in [1.29, 1.82) is 0 Å². The Hall–Kier alpha value is -2.25. The SMILES string of the molecule is O=C(/C=C/c1sc2ccccc2c1Cl)OCc1nccn1C(F)F. The van der Waals surface area contributed by atoms with E-state index in [1.54, 1.807) is 6.08 Å². The van der Waals surface area contributed by atoms with E-state index in [1.165, 1.54) is 23.6 Å². The Kier molecular flexibility index (Phi) is 4.92. The van der Waals surface area contributed by atoms with Crippen LogP contribution >= 0.6 is 22.9 Å². The summed E-state index contributed by atoms with van der Waals surface area (Å²) in [4.78, 5) is 16.2. The minimum absolute atomic E-state index is 0.0216. The normalized spacial score (nSPS) is 11.7. The summed E-state index contributed by atoms with van der Waals surface area (Å²) in [6, 6.07) is 7.62. The molecule has 0 atom stereocenters. The molecule has 3 rings (SSSR count). The molecular formula is C16H11ClF2N2O2S. The highest BCUT2D eigenvalue weighted by Gasteiger charge is 2.13. The van der Waals surface area contributed by atoms with E-state index in [1.807, 2.05) is 24.3 Å². The van der Waals surface area contributed by atoms with E-state index in [-0.39, 0.29) is 12.4 Å². The molecule has 8 heteroatoms. The lowest BCUT2D eigenvalue weighted by Gasteiger charge is -2.05. The standard InChI is InChI=1S/C16H11ClF2N2O2S/c17-15-10-3-1-2-4-11(10)24-12(15)5-6-14(22)23-9-13-20-7-8-21(13)16(18)19/h1-8,16H,9H2/b6-5+. The van der Waals surface area contributed by atoms with Crippen molar-refractivity contribution >= 4 is 45.1 Å². The van der Waals surface area contributed by atoms with Crippen LogP contribution in [0.25, 0.3) is 16.2 Å². The fourth-order valence-electron chi connectivity index (χ4n) is 2.10. The first-order chi connectivity index (χ1) is 11.6. The van der Waals surface area contributed by atoms with E-state index in [9.17, 15) is 13.6 Å². The summed E-state index contributed by atoms with van der Waals surface area (Å²) in [5, 5.41) is 1.48. The van der Waals surface area contributed by atoms with Crippen LogP contribution in [0.1, 0.15) is 17.3 Å².